The first kappa shape index (κ1) is 22.0. The van der Waals surface area contributed by atoms with Gasteiger partial charge in [0.1, 0.15) is 6.04 Å². The molecule has 160 valence electrons. The van der Waals surface area contributed by atoms with Crippen molar-refractivity contribution in [2.45, 2.75) is 44.9 Å². The van der Waals surface area contributed by atoms with E-state index in [1.807, 2.05) is 62.4 Å². The fourth-order valence-electron chi connectivity index (χ4n) is 3.55. The summed E-state index contributed by atoms with van der Waals surface area (Å²) in [6, 6.07) is 12.2. The number of ether oxygens (including phenoxy) is 1. The maximum atomic E-state index is 13.0. The lowest BCUT2D eigenvalue weighted by atomic mass is 10.0. The van der Waals surface area contributed by atoms with Gasteiger partial charge in [-0.15, -0.1) is 0 Å². The van der Waals surface area contributed by atoms with Crippen LogP contribution in [0.5, 0.6) is 0 Å². The van der Waals surface area contributed by atoms with Crippen molar-refractivity contribution in [1.82, 2.24) is 10.6 Å². The van der Waals surface area contributed by atoms with E-state index in [4.69, 9.17) is 4.74 Å². The van der Waals surface area contributed by atoms with Gasteiger partial charge < -0.3 is 20.5 Å². The first-order valence-corrected chi connectivity index (χ1v) is 10.4. The summed E-state index contributed by atoms with van der Waals surface area (Å²) in [6.07, 6.45) is 3.98. The Labute approximate surface area is 177 Å². The Morgan fingerprint density at radius 3 is 2.67 bits per heavy atom. The van der Waals surface area contributed by atoms with Gasteiger partial charge in [-0.3, -0.25) is 9.59 Å². The second-order valence-electron chi connectivity index (χ2n) is 8.14. The molecule has 2 aromatic rings. The number of hydrogen-bond donors (Lipinski definition) is 3. The molecule has 0 saturated heterocycles. The fraction of sp³-hybridized carbons (Fsp3) is 0.417. The molecule has 0 bridgehead atoms. The van der Waals surface area contributed by atoms with Crippen molar-refractivity contribution in [2.24, 2.45) is 5.92 Å². The summed E-state index contributed by atoms with van der Waals surface area (Å²) in [5, 5.41) is 18.1. The van der Waals surface area contributed by atoms with Crippen molar-refractivity contribution in [2.75, 3.05) is 13.2 Å². The molecule has 0 spiro atoms. The molecule has 1 heterocycles. The first-order chi connectivity index (χ1) is 14.4. The first-order valence-electron chi connectivity index (χ1n) is 10.4. The largest absolute Gasteiger partial charge is 0.389 e. The second kappa shape index (κ2) is 10.4. The molecule has 3 rings (SSSR count). The number of amides is 2. The highest BCUT2D eigenvalue weighted by Gasteiger charge is 2.27. The van der Waals surface area contributed by atoms with E-state index in [9.17, 15) is 14.7 Å². The number of rotatable bonds is 6. The van der Waals surface area contributed by atoms with Gasteiger partial charge in [-0.25, -0.2) is 0 Å². The van der Waals surface area contributed by atoms with E-state index >= 15 is 0 Å². The third kappa shape index (κ3) is 5.90. The lowest BCUT2D eigenvalue weighted by Crippen LogP contribution is -2.53. The Hall–Kier alpha value is -2.70. The summed E-state index contributed by atoms with van der Waals surface area (Å²) in [4.78, 5) is 25.8. The molecule has 1 aliphatic rings. The van der Waals surface area contributed by atoms with Crippen LogP contribution in [0.4, 0.5) is 0 Å². The van der Waals surface area contributed by atoms with E-state index in [2.05, 4.69) is 10.6 Å². The van der Waals surface area contributed by atoms with Gasteiger partial charge in [-0.05, 0) is 41.7 Å². The minimum absolute atomic E-state index is 0.160. The fourth-order valence-corrected chi connectivity index (χ4v) is 3.55. The van der Waals surface area contributed by atoms with Gasteiger partial charge >= 0.3 is 0 Å². The minimum Gasteiger partial charge on any atom is -0.389 e. The minimum atomic E-state index is -0.796. The highest BCUT2D eigenvalue weighted by molar-refractivity contribution is 6.00. The van der Waals surface area contributed by atoms with Crippen LogP contribution in [0.25, 0.3) is 10.8 Å². The average Bonchev–Trinajstić information content (AvgIpc) is 2.72. The summed E-state index contributed by atoms with van der Waals surface area (Å²) in [5.41, 5.74) is 0.512. The second-order valence-corrected chi connectivity index (χ2v) is 8.14. The summed E-state index contributed by atoms with van der Waals surface area (Å²) in [7, 11) is 0. The number of nitrogens with one attached hydrogen (secondary N) is 2. The van der Waals surface area contributed by atoms with Crippen molar-refractivity contribution in [1.29, 1.82) is 0 Å². The monoisotopic (exact) mass is 410 g/mol. The average molecular weight is 411 g/mol. The summed E-state index contributed by atoms with van der Waals surface area (Å²) < 4.78 is 5.32. The van der Waals surface area contributed by atoms with Crippen LogP contribution in [-0.4, -0.2) is 48.3 Å². The molecule has 3 N–H and O–H groups in total. The van der Waals surface area contributed by atoms with Crippen LogP contribution in [0, 0.1) is 5.92 Å². The van der Waals surface area contributed by atoms with Gasteiger partial charge in [0.25, 0.3) is 5.91 Å². The number of benzene rings is 2. The van der Waals surface area contributed by atoms with Gasteiger partial charge in [0.15, 0.2) is 0 Å². The van der Waals surface area contributed by atoms with E-state index < -0.39 is 18.2 Å². The van der Waals surface area contributed by atoms with Crippen molar-refractivity contribution in [3.8, 4) is 0 Å². The molecular formula is C24H30N2O4. The predicted molar refractivity (Wildman–Crippen MR) is 117 cm³/mol. The van der Waals surface area contributed by atoms with Gasteiger partial charge in [-0.2, -0.15) is 0 Å². The van der Waals surface area contributed by atoms with E-state index in [1.54, 1.807) is 6.07 Å². The zero-order chi connectivity index (χ0) is 21.5. The SMILES string of the molecule is CC(C)CC(NC(=O)c1ccc2ccccc2c1)C(=O)NC1C/C=C\COC[C@H]1O. The van der Waals surface area contributed by atoms with E-state index in [-0.39, 0.29) is 24.3 Å². The quantitative estimate of drug-likeness (QED) is 0.639. The molecule has 0 saturated carbocycles. The molecule has 2 unspecified atom stereocenters. The van der Waals surface area contributed by atoms with Crippen molar-refractivity contribution in [3.05, 3.63) is 60.2 Å². The van der Waals surface area contributed by atoms with Crippen LogP contribution >= 0.6 is 0 Å². The Kier molecular flexibility index (Phi) is 7.60. The number of aliphatic hydroxyl groups excluding tert-OH is 1. The molecule has 0 aliphatic carbocycles. The highest BCUT2D eigenvalue weighted by atomic mass is 16.5. The van der Waals surface area contributed by atoms with Gasteiger partial charge in [0.05, 0.1) is 25.4 Å². The normalized spacial score (nSPS) is 21.5. The highest BCUT2D eigenvalue weighted by Crippen LogP contribution is 2.16. The molecule has 2 amide bonds. The van der Waals surface area contributed by atoms with Crippen LogP contribution in [0.1, 0.15) is 37.0 Å². The molecule has 1 aliphatic heterocycles. The number of fused-ring (bicyclic) bond motifs is 1. The molecule has 6 heteroatoms. The van der Waals surface area contributed by atoms with Gasteiger partial charge in [0, 0.05) is 5.56 Å². The molecule has 2 aromatic carbocycles. The van der Waals surface area contributed by atoms with Gasteiger partial charge in [-0.1, -0.05) is 56.3 Å². The topological polar surface area (TPSA) is 87.7 Å². The third-order valence-electron chi connectivity index (χ3n) is 5.19. The van der Waals surface area contributed by atoms with Crippen LogP contribution in [0.15, 0.2) is 54.6 Å². The lowest BCUT2D eigenvalue weighted by Gasteiger charge is -2.27. The number of hydrogen-bond acceptors (Lipinski definition) is 4. The molecule has 0 radical (unpaired) electrons. The zero-order valence-electron chi connectivity index (χ0n) is 17.5. The van der Waals surface area contributed by atoms with E-state index in [0.29, 0.717) is 25.0 Å². The molecule has 0 fully saturated rings. The van der Waals surface area contributed by atoms with Crippen LogP contribution in [0.3, 0.4) is 0 Å². The van der Waals surface area contributed by atoms with Crippen LogP contribution < -0.4 is 10.6 Å². The Balaban J connectivity index is 1.72. The Morgan fingerprint density at radius 1 is 1.13 bits per heavy atom. The number of carbonyl (C=O) groups excluding carboxylic acids is 2. The standard InChI is InChI=1S/C24H30N2O4/c1-16(2)13-21(24(29)25-20-9-5-6-12-30-15-22(20)27)26-23(28)19-11-10-17-7-3-4-8-18(17)14-19/h3-8,10-11,14,16,20-22,27H,9,12-13,15H2,1-2H3,(H,25,29)(H,26,28)/b6-5-/t20?,21?,22-/m1/s1. The Bertz CT molecular complexity index is 909. The van der Waals surface area contributed by atoms with Gasteiger partial charge in [0.2, 0.25) is 5.91 Å². The smallest absolute Gasteiger partial charge is 0.251 e. The summed E-state index contributed by atoms with van der Waals surface area (Å²) in [6.45, 7) is 4.62. The van der Waals surface area contributed by atoms with Crippen LogP contribution in [0.2, 0.25) is 0 Å². The predicted octanol–water partition coefficient (Wildman–Crippen LogP) is 2.81. The number of carbonyl (C=O) groups is 2. The van der Waals surface area contributed by atoms with Crippen molar-refractivity contribution < 1.29 is 19.4 Å². The van der Waals surface area contributed by atoms with Crippen molar-refractivity contribution >= 4 is 22.6 Å². The molecular weight excluding hydrogens is 380 g/mol. The lowest BCUT2D eigenvalue weighted by molar-refractivity contribution is -0.125. The molecule has 3 atom stereocenters. The zero-order valence-corrected chi connectivity index (χ0v) is 17.5. The maximum absolute atomic E-state index is 13.0. The summed E-state index contributed by atoms with van der Waals surface area (Å²) >= 11 is 0. The molecule has 30 heavy (non-hydrogen) atoms. The van der Waals surface area contributed by atoms with E-state index in [0.717, 1.165) is 10.8 Å². The Morgan fingerprint density at radius 2 is 1.90 bits per heavy atom. The van der Waals surface area contributed by atoms with E-state index in [1.165, 1.54) is 0 Å². The molecule has 6 nitrogen and oxygen atoms in total. The van der Waals surface area contributed by atoms with Crippen molar-refractivity contribution in [3.63, 3.8) is 0 Å². The third-order valence-corrected chi connectivity index (χ3v) is 5.19. The maximum Gasteiger partial charge on any atom is 0.251 e. The molecule has 0 aromatic heterocycles. The number of aliphatic hydroxyl groups is 1. The summed E-state index contributed by atoms with van der Waals surface area (Å²) in [5.74, 6) is -0.373. The van der Waals surface area contributed by atoms with Crippen LogP contribution in [-0.2, 0) is 9.53 Å².